The Balaban J connectivity index is 1.93. The Hall–Kier alpha value is -1.12. The molecule has 1 aliphatic rings. The first kappa shape index (κ1) is 11.0. The molecule has 1 aliphatic carbocycles. The van der Waals surface area contributed by atoms with Gasteiger partial charge in [-0.1, -0.05) is 0 Å². The van der Waals surface area contributed by atoms with Crippen molar-refractivity contribution >= 4 is 5.91 Å². The average molecular weight is 197 g/mol. The molecule has 78 valence electrons. The fourth-order valence-corrected chi connectivity index (χ4v) is 1.46. The first-order valence-corrected chi connectivity index (χ1v) is 4.74. The van der Waals surface area contributed by atoms with E-state index in [1.165, 1.54) is 0 Å². The van der Waals surface area contributed by atoms with Crippen molar-refractivity contribution in [3.8, 4) is 6.07 Å². The number of hydrogen-bond donors (Lipinski definition) is 3. The van der Waals surface area contributed by atoms with E-state index in [0.29, 0.717) is 5.92 Å². The molecule has 1 amide bonds. The third-order valence-corrected chi connectivity index (χ3v) is 2.29. The van der Waals surface area contributed by atoms with Crippen molar-refractivity contribution in [2.45, 2.75) is 18.9 Å². The Morgan fingerprint density at radius 1 is 1.57 bits per heavy atom. The third-order valence-electron chi connectivity index (χ3n) is 2.29. The summed E-state index contributed by atoms with van der Waals surface area (Å²) in [6.45, 7) is 1.06. The summed E-state index contributed by atoms with van der Waals surface area (Å²) in [5.74, 6) is 0.334. The van der Waals surface area contributed by atoms with Gasteiger partial charge in [0.05, 0.1) is 18.7 Å². The summed E-state index contributed by atoms with van der Waals surface area (Å²) >= 11 is 0. The minimum Gasteiger partial charge on any atom is -0.393 e. The maximum atomic E-state index is 11.0. The average Bonchev–Trinajstić information content (AvgIpc) is 2.12. The van der Waals surface area contributed by atoms with Gasteiger partial charge in [0.25, 0.3) is 0 Å². The van der Waals surface area contributed by atoms with Gasteiger partial charge in [-0.05, 0) is 25.3 Å². The Labute approximate surface area is 83.1 Å². The van der Waals surface area contributed by atoms with Crippen molar-refractivity contribution in [1.82, 2.24) is 10.6 Å². The summed E-state index contributed by atoms with van der Waals surface area (Å²) in [4.78, 5) is 11.0. The molecule has 0 aromatic rings. The standard InChI is InChI=1S/C9H15N3O2/c10-1-2-12-9(14)6-11-5-7-3-8(13)4-7/h7-8,11,13H,2-6H2,(H,12,14). The molecule has 0 aromatic carbocycles. The second-order valence-electron chi connectivity index (χ2n) is 3.56. The smallest absolute Gasteiger partial charge is 0.234 e. The first-order chi connectivity index (χ1) is 6.72. The number of aliphatic hydroxyl groups excluding tert-OH is 1. The van der Waals surface area contributed by atoms with Gasteiger partial charge in [0.15, 0.2) is 0 Å². The maximum absolute atomic E-state index is 11.0. The van der Waals surface area contributed by atoms with Crippen LogP contribution in [0.25, 0.3) is 0 Å². The van der Waals surface area contributed by atoms with Crippen LogP contribution in [0, 0.1) is 17.2 Å². The minimum absolute atomic E-state index is 0.0582. The molecule has 0 saturated heterocycles. The number of hydrogen-bond acceptors (Lipinski definition) is 4. The molecule has 1 saturated carbocycles. The molecule has 5 heteroatoms. The number of carbonyl (C=O) groups excluding carboxylic acids is 1. The molecule has 0 heterocycles. The highest BCUT2D eigenvalue weighted by Gasteiger charge is 2.26. The highest BCUT2D eigenvalue weighted by molar-refractivity contribution is 5.78. The number of nitriles is 1. The summed E-state index contributed by atoms with van der Waals surface area (Å²) < 4.78 is 0. The molecule has 1 fully saturated rings. The second-order valence-corrected chi connectivity index (χ2v) is 3.56. The van der Waals surface area contributed by atoms with Crippen LogP contribution in [0.1, 0.15) is 12.8 Å². The van der Waals surface area contributed by atoms with Crippen molar-refractivity contribution in [2.24, 2.45) is 5.92 Å². The fourth-order valence-electron chi connectivity index (χ4n) is 1.46. The summed E-state index contributed by atoms with van der Waals surface area (Å²) in [6, 6.07) is 1.83. The van der Waals surface area contributed by atoms with Crippen LogP contribution in [0.2, 0.25) is 0 Å². The molecule has 1 rings (SSSR count). The Bertz CT molecular complexity index is 231. The van der Waals surface area contributed by atoms with Gasteiger partial charge < -0.3 is 15.7 Å². The highest BCUT2D eigenvalue weighted by Crippen LogP contribution is 2.25. The maximum Gasteiger partial charge on any atom is 0.234 e. The number of rotatable bonds is 5. The van der Waals surface area contributed by atoms with Gasteiger partial charge in [-0.2, -0.15) is 5.26 Å². The fraction of sp³-hybridized carbons (Fsp3) is 0.778. The molecule has 3 N–H and O–H groups in total. The topological polar surface area (TPSA) is 85.2 Å². The van der Waals surface area contributed by atoms with Gasteiger partial charge in [-0.25, -0.2) is 0 Å². The number of nitrogens with zero attached hydrogens (tertiary/aromatic N) is 1. The third kappa shape index (κ3) is 3.73. The molecule has 0 unspecified atom stereocenters. The van der Waals surface area contributed by atoms with E-state index >= 15 is 0 Å². The van der Waals surface area contributed by atoms with Gasteiger partial charge in [-0.3, -0.25) is 4.79 Å². The molecular formula is C9H15N3O2. The van der Waals surface area contributed by atoms with Gasteiger partial charge in [0.1, 0.15) is 6.54 Å². The van der Waals surface area contributed by atoms with Crippen LogP contribution in [0.15, 0.2) is 0 Å². The lowest BCUT2D eigenvalue weighted by molar-refractivity contribution is -0.120. The van der Waals surface area contributed by atoms with E-state index in [1.54, 1.807) is 0 Å². The zero-order valence-electron chi connectivity index (χ0n) is 7.99. The van der Waals surface area contributed by atoms with Gasteiger partial charge in [0, 0.05) is 0 Å². The first-order valence-electron chi connectivity index (χ1n) is 4.74. The van der Waals surface area contributed by atoms with Crippen LogP contribution in [0.3, 0.4) is 0 Å². The predicted molar refractivity (Wildman–Crippen MR) is 50.2 cm³/mol. The van der Waals surface area contributed by atoms with Crippen LogP contribution in [0.4, 0.5) is 0 Å². The van der Waals surface area contributed by atoms with Crippen molar-refractivity contribution in [3.63, 3.8) is 0 Å². The lowest BCUT2D eigenvalue weighted by Crippen LogP contribution is -2.40. The normalized spacial score (nSPS) is 24.9. The lowest BCUT2D eigenvalue weighted by Gasteiger charge is -2.31. The Morgan fingerprint density at radius 2 is 2.29 bits per heavy atom. The quantitative estimate of drug-likeness (QED) is 0.493. The molecule has 0 spiro atoms. The van der Waals surface area contributed by atoms with E-state index in [9.17, 15) is 4.79 Å². The number of aliphatic hydroxyl groups is 1. The summed E-state index contributed by atoms with van der Waals surface area (Å²) in [5, 5.41) is 22.6. The Morgan fingerprint density at radius 3 is 2.86 bits per heavy atom. The van der Waals surface area contributed by atoms with Crippen LogP contribution < -0.4 is 10.6 Å². The van der Waals surface area contributed by atoms with Gasteiger partial charge in [-0.15, -0.1) is 0 Å². The van der Waals surface area contributed by atoms with Crippen molar-refractivity contribution in [2.75, 3.05) is 19.6 Å². The highest BCUT2D eigenvalue weighted by atomic mass is 16.3. The zero-order chi connectivity index (χ0) is 10.4. The van der Waals surface area contributed by atoms with Crippen LogP contribution in [-0.2, 0) is 4.79 Å². The van der Waals surface area contributed by atoms with Gasteiger partial charge >= 0.3 is 0 Å². The molecule has 0 aromatic heterocycles. The van der Waals surface area contributed by atoms with E-state index in [0.717, 1.165) is 19.4 Å². The molecule has 0 atom stereocenters. The molecular weight excluding hydrogens is 182 g/mol. The van der Waals surface area contributed by atoms with E-state index in [1.807, 2.05) is 6.07 Å². The minimum atomic E-state index is -0.161. The second kappa shape index (κ2) is 5.58. The number of carbonyl (C=O) groups is 1. The van der Waals surface area contributed by atoms with Crippen molar-refractivity contribution in [3.05, 3.63) is 0 Å². The monoisotopic (exact) mass is 197 g/mol. The Kier molecular flexibility index (Phi) is 4.36. The van der Waals surface area contributed by atoms with Gasteiger partial charge in [0.2, 0.25) is 5.91 Å². The van der Waals surface area contributed by atoms with Crippen LogP contribution in [-0.4, -0.2) is 36.8 Å². The summed E-state index contributed by atoms with van der Waals surface area (Å²) in [5.41, 5.74) is 0. The molecule has 14 heavy (non-hydrogen) atoms. The van der Waals surface area contributed by atoms with E-state index in [4.69, 9.17) is 10.4 Å². The van der Waals surface area contributed by atoms with Crippen LogP contribution in [0.5, 0.6) is 0 Å². The SMILES string of the molecule is N#CCNC(=O)CNCC1CC(O)C1. The summed E-state index contributed by atoms with van der Waals surface area (Å²) in [7, 11) is 0. The largest absolute Gasteiger partial charge is 0.393 e. The van der Waals surface area contributed by atoms with Crippen molar-refractivity contribution < 1.29 is 9.90 Å². The predicted octanol–water partition coefficient (Wildman–Crippen LogP) is -1.01. The van der Waals surface area contributed by atoms with E-state index in [-0.39, 0.29) is 25.1 Å². The molecule has 5 nitrogen and oxygen atoms in total. The molecule has 0 aliphatic heterocycles. The lowest BCUT2D eigenvalue weighted by atomic mass is 9.82. The van der Waals surface area contributed by atoms with Crippen molar-refractivity contribution in [1.29, 1.82) is 5.26 Å². The molecule has 0 radical (unpaired) electrons. The van der Waals surface area contributed by atoms with E-state index < -0.39 is 0 Å². The zero-order valence-corrected chi connectivity index (χ0v) is 7.99. The summed E-state index contributed by atoms with van der Waals surface area (Å²) in [6.07, 6.45) is 1.51. The van der Waals surface area contributed by atoms with E-state index in [2.05, 4.69) is 10.6 Å². The number of amides is 1. The molecule has 0 bridgehead atoms. The van der Waals surface area contributed by atoms with Crippen LogP contribution >= 0.6 is 0 Å². The number of nitrogens with one attached hydrogen (secondary N) is 2.